The van der Waals surface area contributed by atoms with Crippen LogP contribution in [0.1, 0.15) is 126 Å². The molecule has 0 radical (unpaired) electrons. The van der Waals surface area contributed by atoms with Gasteiger partial charge in [-0.3, -0.25) is 24.0 Å². The van der Waals surface area contributed by atoms with Crippen LogP contribution in [0.15, 0.2) is 102 Å². The van der Waals surface area contributed by atoms with Crippen molar-refractivity contribution in [2.75, 3.05) is 6.61 Å². The molecule has 70 heavy (non-hydrogen) atoms. The molecule has 3 aromatic rings. The zero-order valence-corrected chi connectivity index (χ0v) is 40.6. The van der Waals surface area contributed by atoms with Gasteiger partial charge in [0.2, 0.25) is 6.10 Å². The Labute approximate surface area is 407 Å². The van der Waals surface area contributed by atoms with Crippen LogP contribution in [0.4, 0.5) is 0 Å². The SMILES string of the molecule is CCCCCCC(=O)O[C@@H](C(=O)O[C@H]1C[C@@]2(O)C(OC(=O)c3ccccc3)C3[C@](C)(C(=O)[C@H](OC(C)=O)C(=C1C)C2(C)C)[C@@H](O)C[C@H]1OC[C@@]31OC(C)=O)[C@@H](NC(=O)c1ccccc1)c1ccccc1. The summed E-state index contributed by atoms with van der Waals surface area (Å²) in [5.41, 5.74) is -7.16. The topological polar surface area (TPSA) is 227 Å². The Morgan fingerprint density at radius 2 is 1.43 bits per heavy atom. The third-order valence-electron chi connectivity index (χ3n) is 15.0. The first-order chi connectivity index (χ1) is 33.2. The normalized spacial score (nSPS) is 29.5. The number of aliphatic hydroxyl groups is 2. The van der Waals surface area contributed by atoms with Crippen LogP contribution < -0.4 is 5.32 Å². The maximum atomic E-state index is 15.7. The molecule has 3 aromatic carbocycles. The summed E-state index contributed by atoms with van der Waals surface area (Å²) in [6.45, 7) is 10.0. The minimum absolute atomic E-state index is 0.0122. The van der Waals surface area contributed by atoms with Gasteiger partial charge < -0.3 is 44.0 Å². The second-order valence-corrected chi connectivity index (χ2v) is 19.6. The van der Waals surface area contributed by atoms with Crippen LogP contribution in [0, 0.1) is 16.7 Å². The Balaban J connectivity index is 1.41. The number of hydrogen-bond donors (Lipinski definition) is 3. The average Bonchev–Trinajstić information content (AvgIpc) is 3.32. The van der Waals surface area contributed by atoms with E-state index in [1.807, 2.05) is 6.92 Å². The minimum Gasteiger partial charge on any atom is -0.455 e. The third-order valence-corrected chi connectivity index (χ3v) is 15.0. The second kappa shape index (κ2) is 20.6. The monoisotopic (exact) mass is 965 g/mol. The highest BCUT2D eigenvalue weighted by Crippen LogP contribution is 2.64. The van der Waals surface area contributed by atoms with Crippen LogP contribution in [0.5, 0.6) is 0 Å². The Morgan fingerprint density at radius 3 is 2.00 bits per heavy atom. The largest absolute Gasteiger partial charge is 0.455 e. The number of esters is 5. The molecule has 1 heterocycles. The van der Waals surface area contributed by atoms with Crippen molar-refractivity contribution < 1.29 is 72.2 Å². The van der Waals surface area contributed by atoms with Crippen molar-refractivity contribution in [2.24, 2.45) is 16.7 Å². The van der Waals surface area contributed by atoms with E-state index in [0.717, 1.165) is 33.1 Å². The molecule has 2 saturated carbocycles. The first kappa shape index (κ1) is 51.6. The van der Waals surface area contributed by atoms with Gasteiger partial charge in [-0.1, -0.05) is 107 Å². The molecule has 3 N–H and O–H groups in total. The van der Waals surface area contributed by atoms with Crippen LogP contribution in [0.2, 0.25) is 0 Å². The maximum Gasteiger partial charge on any atom is 0.350 e. The van der Waals surface area contributed by atoms with Gasteiger partial charge in [0, 0.05) is 44.1 Å². The molecule has 374 valence electrons. The van der Waals surface area contributed by atoms with Crippen molar-refractivity contribution >= 4 is 41.5 Å². The highest BCUT2D eigenvalue weighted by atomic mass is 16.6. The molecular weight excluding hydrogens is 903 g/mol. The number of amides is 1. The summed E-state index contributed by atoms with van der Waals surface area (Å²) in [5.74, 6) is -7.56. The number of fused-ring (bicyclic) bond motifs is 5. The van der Waals surface area contributed by atoms with E-state index in [4.69, 9.17) is 28.4 Å². The maximum absolute atomic E-state index is 15.7. The van der Waals surface area contributed by atoms with Crippen LogP contribution >= 0.6 is 0 Å². The lowest BCUT2D eigenvalue weighted by molar-refractivity contribution is -0.346. The van der Waals surface area contributed by atoms with Gasteiger partial charge in [-0.15, -0.1) is 0 Å². The molecular formula is C54H63NO15. The van der Waals surface area contributed by atoms with Gasteiger partial charge in [0.05, 0.1) is 29.6 Å². The summed E-state index contributed by atoms with van der Waals surface area (Å²) in [7, 11) is 0. The summed E-state index contributed by atoms with van der Waals surface area (Å²) in [4.78, 5) is 99.4. The van der Waals surface area contributed by atoms with Crippen molar-refractivity contribution in [2.45, 2.75) is 147 Å². The Kier molecular flexibility index (Phi) is 15.2. The zero-order valence-electron chi connectivity index (χ0n) is 40.6. The molecule has 2 unspecified atom stereocenters. The lowest BCUT2D eigenvalue weighted by Gasteiger charge is -2.67. The highest BCUT2D eigenvalue weighted by Gasteiger charge is 2.78. The third kappa shape index (κ3) is 9.52. The number of rotatable bonds is 16. The number of carbonyl (C=O) groups is 7. The molecule has 7 rings (SSSR count). The summed E-state index contributed by atoms with van der Waals surface area (Å²) in [6, 6.07) is 23.2. The first-order valence-corrected chi connectivity index (χ1v) is 23.9. The van der Waals surface area contributed by atoms with Crippen molar-refractivity contribution in [3.63, 3.8) is 0 Å². The van der Waals surface area contributed by atoms with Crippen LogP contribution in [-0.4, -0.2) is 106 Å². The van der Waals surface area contributed by atoms with E-state index in [2.05, 4.69) is 5.32 Å². The standard InChI is InChI=1S/C54H63NO15/c1-8-9-10-20-27-40(59)68-44(42(34-21-14-11-15-22-34)55-48(61)35-23-16-12-17-24-35)50(63)67-37-29-54(64)47(69-49(62)36-25-18-13-19-26-36)45-52(7,38(58)28-39-53(45,30-65-39)70-33(4)57)46(60)43(66-32(3)56)41(31(37)2)51(54,5)6/h11-19,21-26,37-39,42-45,47,58,64H,8-10,20,27-30H2,1-7H3,(H,55,61)/t37-,38-,39+,42-,43+,44+,45?,47?,52+,53-,54+/m0/s1. The fraction of sp³-hybridized carbons (Fsp3) is 0.500. The van der Waals surface area contributed by atoms with Crippen LogP contribution in [0.3, 0.4) is 0 Å². The molecule has 1 amide bonds. The predicted molar refractivity (Wildman–Crippen MR) is 250 cm³/mol. The summed E-state index contributed by atoms with van der Waals surface area (Å²) in [6.07, 6.45) is -7.61. The number of nitrogens with one attached hydrogen (secondary N) is 1. The number of ether oxygens (including phenoxy) is 6. The van der Waals surface area contributed by atoms with Crippen molar-refractivity contribution in [1.82, 2.24) is 5.32 Å². The zero-order chi connectivity index (χ0) is 50.8. The number of unbranched alkanes of at least 4 members (excludes halogenated alkanes) is 3. The quantitative estimate of drug-likeness (QED) is 0.0624. The fourth-order valence-electron chi connectivity index (χ4n) is 11.2. The Hall–Kier alpha value is -6.23. The van der Waals surface area contributed by atoms with Gasteiger partial charge >= 0.3 is 29.8 Å². The van der Waals surface area contributed by atoms with Gasteiger partial charge in [0.1, 0.15) is 30.0 Å². The molecule has 0 spiro atoms. The van der Waals surface area contributed by atoms with Crippen LogP contribution in [0.25, 0.3) is 0 Å². The number of benzene rings is 3. The molecule has 3 aliphatic carbocycles. The van der Waals surface area contributed by atoms with Crippen molar-refractivity contribution in [3.05, 3.63) is 119 Å². The first-order valence-electron chi connectivity index (χ1n) is 23.9. The van der Waals surface area contributed by atoms with E-state index in [0.29, 0.717) is 12.0 Å². The highest BCUT2D eigenvalue weighted by molar-refractivity contribution is 5.96. The molecule has 16 nitrogen and oxygen atoms in total. The minimum atomic E-state index is -2.43. The van der Waals surface area contributed by atoms with Gasteiger partial charge in [0.15, 0.2) is 17.5 Å². The summed E-state index contributed by atoms with van der Waals surface area (Å²) < 4.78 is 36.9. The van der Waals surface area contributed by atoms with Gasteiger partial charge in [-0.2, -0.15) is 0 Å². The van der Waals surface area contributed by atoms with Gasteiger partial charge in [0.25, 0.3) is 5.91 Å². The summed E-state index contributed by atoms with van der Waals surface area (Å²) in [5, 5.41) is 29.0. The molecule has 3 fully saturated rings. The number of ketones is 1. The van der Waals surface area contributed by atoms with E-state index in [1.165, 1.54) is 19.1 Å². The van der Waals surface area contributed by atoms with E-state index < -0.39 is 119 Å². The Bertz CT molecular complexity index is 2490. The van der Waals surface area contributed by atoms with Crippen molar-refractivity contribution in [3.8, 4) is 0 Å². The smallest absolute Gasteiger partial charge is 0.350 e. The molecule has 0 aromatic heterocycles. The lowest BCUT2D eigenvalue weighted by Crippen LogP contribution is -2.82. The molecule has 2 bridgehead atoms. The molecule has 4 aliphatic rings. The molecule has 11 atom stereocenters. The van der Waals surface area contributed by atoms with Gasteiger partial charge in [-0.25, -0.2) is 9.59 Å². The average molecular weight is 966 g/mol. The fourth-order valence-corrected chi connectivity index (χ4v) is 11.2. The summed E-state index contributed by atoms with van der Waals surface area (Å²) >= 11 is 0. The number of hydrogen-bond acceptors (Lipinski definition) is 15. The van der Waals surface area contributed by atoms with Crippen LogP contribution in [-0.2, 0) is 52.4 Å². The van der Waals surface area contributed by atoms with Crippen molar-refractivity contribution in [1.29, 1.82) is 0 Å². The number of aliphatic hydroxyl groups excluding tert-OH is 1. The number of Topliss-reactive ketones (excluding diaryl/α,β-unsaturated/α-hetero) is 1. The van der Waals surface area contributed by atoms with E-state index in [9.17, 15) is 34.2 Å². The second-order valence-electron chi connectivity index (χ2n) is 19.6. The lowest BCUT2D eigenvalue weighted by atomic mass is 9.44. The molecule has 1 aliphatic heterocycles. The molecule has 1 saturated heterocycles. The Morgan fingerprint density at radius 1 is 0.814 bits per heavy atom. The predicted octanol–water partition coefficient (Wildman–Crippen LogP) is 6.26. The van der Waals surface area contributed by atoms with E-state index in [1.54, 1.807) is 99.6 Å². The van der Waals surface area contributed by atoms with E-state index in [-0.39, 0.29) is 41.7 Å². The molecule has 16 heteroatoms. The van der Waals surface area contributed by atoms with Gasteiger partial charge in [-0.05, 0) is 61.2 Å². The number of carbonyl (C=O) groups excluding carboxylic acids is 7. The van der Waals surface area contributed by atoms with E-state index >= 15 is 9.59 Å².